The van der Waals surface area contributed by atoms with Crippen LogP contribution in [0.4, 0.5) is 13.2 Å². The number of rotatable bonds is 5. The maximum absolute atomic E-state index is 12.7. The second-order valence-electron chi connectivity index (χ2n) is 6.92. The van der Waals surface area contributed by atoms with Gasteiger partial charge in [0.2, 0.25) is 0 Å². The number of alkyl halides is 3. The molecule has 2 atom stereocenters. The predicted octanol–water partition coefficient (Wildman–Crippen LogP) is 5.08. The first-order valence-corrected chi connectivity index (χ1v) is 8.45. The largest absolute Gasteiger partial charge is 0.490 e. The molecule has 1 radical (unpaired) electrons. The van der Waals surface area contributed by atoms with Crippen LogP contribution in [0.15, 0.2) is 60.7 Å². The van der Waals surface area contributed by atoms with Gasteiger partial charge in [0, 0.05) is 17.3 Å². The molecule has 1 fully saturated rings. The Morgan fingerprint density at radius 3 is 1.85 bits per heavy atom. The molecule has 0 bridgehead atoms. The van der Waals surface area contributed by atoms with E-state index in [1.165, 1.54) is 0 Å². The van der Waals surface area contributed by atoms with Crippen LogP contribution in [0.2, 0.25) is 0 Å². The van der Waals surface area contributed by atoms with Crippen molar-refractivity contribution in [2.45, 2.75) is 38.0 Å². The highest BCUT2D eigenvalue weighted by molar-refractivity contribution is 5.76. The zero-order chi connectivity index (χ0) is 18.9. The number of carbonyl (C=O) groups excluding carboxylic acids is 1. The second kappa shape index (κ2) is 6.78. The molecule has 2 unspecified atom stereocenters. The van der Waals surface area contributed by atoms with Crippen LogP contribution < -0.4 is 0 Å². The summed E-state index contributed by atoms with van der Waals surface area (Å²) in [6.45, 7) is 3.40. The standard InChI is InChI=1S/C21H20F3O2/c1-14(2)18(26-19(25)21(22,23)24)17-13-20(17,15-9-5-3-6-10-15)16-11-7-4-8-12-16/h3-12,17-18H,13H2,1-2H3. The van der Waals surface area contributed by atoms with Gasteiger partial charge >= 0.3 is 12.1 Å². The second-order valence-corrected chi connectivity index (χ2v) is 6.92. The molecular formula is C21H20F3O2. The van der Waals surface area contributed by atoms with E-state index in [9.17, 15) is 18.0 Å². The molecule has 0 aliphatic heterocycles. The Kier molecular flexibility index (Phi) is 4.82. The molecule has 2 aromatic carbocycles. The van der Waals surface area contributed by atoms with Gasteiger partial charge in [-0.25, -0.2) is 4.79 Å². The summed E-state index contributed by atoms with van der Waals surface area (Å²) in [5, 5.41) is 0. The molecule has 1 aliphatic carbocycles. The van der Waals surface area contributed by atoms with Crippen molar-refractivity contribution in [2.75, 3.05) is 0 Å². The number of carbonyl (C=O) groups is 1. The van der Waals surface area contributed by atoms with Gasteiger partial charge in [0.15, 0.2) is 0 Å². The molecule has 0 spiro atoms. The molecular weight excluding hydrogens is 341 g/mol. The predicted molar refractivity (Wildman–Crippen MR) is 92.3 cm³/mol. The Morgan fingerprint density at radius 2 is 1.46 bits per heavy atom. The Morgan fingerprint density at radius 1 is 1.00 bits per heavy atom. The van der Waals surface area contributed by atoms with Gasteiger partial charge in [-0.2, -0.15) is 13.2 Å². The van der Waals surface area contributed by atoms with Gasteiger partial charge in [0.05, 0.1) is 0 Å². The van der Waals surface area contributed by atoms with E-state index in [1.807, 2.05) is 60.7 Å². The minimum atomic E-state index is -5.00. The number of esters is 1. The average molecular weight is 361 g/mol. The molecule has 1 saturated carbocycles. The fraction of sp³-hybridized carbons (Fsp3) is 0.333. The lowest BCUT2D eigenvalue weighted by Gasteiger charge is -2.26. The molecule has 0 amide bonds. The maximum Gasteiger partial charge on any atom is 0.490 e. The smallest absolute Gasteiger partial charge is 0.455 e. The molecule has 0 N–H and O–H groups in total. The zero-order valence-electron chi connectivity index (χ0n) is 14.6. The number of hydrogen-bond donors (Lipinski definition) is 0. The van der Waals surface area contributed by atoms with E-state index < -0.39 is 23.7 Å². The summed E-state index contributed by atoms with van der Waals surface area (Å²) >= 11 is 0. The van der Waals surface area contributed by atoms with Gasteiger partial charge in [-0.15, -0.1) is 0 Å². The lowest BCUT2D eigenvalue weighted by Crippen LogP contribution is -2.35. The Labute approximate surface area is 151 Å². The first-order chi connectivity index (χ1) is 12.3. The van der Waals surface area contributed by atoms with E-state index in [2.05, 4.69) is 0 Å². The van der Waals surface area contributed by atoms with E-state index in [0.29, 0.717) is 12.3 Å². The van der Waals surface area contributed by atoms with E-state index in [4.69, 9.17) is 4.74 Å². The summed E-state index contributed by atoms with van der Waals surface area (Å²) < 4.78 is 43.0. The Balaban J connectivity index is 1.97. The van der Waals surface area contributed by atoms with Crippen molar-refractivity contribution in [1.82, 2.24) is 0 Å². The van der Waals surface area contributed by atoms with Crippen LogP contribution in [-0.4, -0.2) is 18.2 Å². The lowest BCUT2D eigenvalue weighted by molar-refractivity contribution is -0.205. The number of hydrogen-bond acceptors (Lipinski definition) is 2. The fourth-order valence-electron chi connectivity index (χ4n) is 3.74. The summed E-state index contributed by atoms with van der Waals surface area (Å²) in [7, 11) is 0. The van der Waals surface area contributed by atoms with Gasteiger partial charge in [-0.05, 0) is 17.5 Å². The summed E-state index contributed by atoms with van der Waals surface area (Å²) in [5.41, 5.74) is 1.59. The monoisotopic (exact) mass is 361 g/mol. The third kappa shape index (κ3) is 3.35. The highest BCUT2D eigenvalue weighted by Gasteiger charge is 2.62. The summed E-state index contributed by atoms with van der Waals surface area (Å²) in [5.74, 6) is -1.71. The summed E-state index contributed by atoms with van der Waals surface area (Å²) in [4.78, 5) is 11.4. The van der Waals surface area contributed by atoms with E-state index >= 15 is 0 Å². The van der Waals surface area contributed by atoms with Crippen LogP contribution in [-0.2, 0) is 14.9 Å². The van der Waals surface area contributed by atoms with Crippen molar-refractivity contribution in [1.29, 1.82) is 0 Å². The lowest BCUT2D eigenvalue weighted by atomic mass is 9.83. The molecule has 2 nitrogen and oxygen atoms in total. The normalized spacial score (nSPS) is 19.8. The van der Waals surface area contributed by atoms with Crippen LogP contribution >= 0.6 is 0 Å². The first kappa shape index (κ1) is 18.5. The molecule has 3 rings (SSSR count). The van der Waals surface area contributed by atoms with Crippen LogP contribution in [0, 0.1) is 11.8 Å². The number of halogens is 3. The quantitative estimate of drug-likeness (QED) is 0.694. The number of ether oxygens (including phenoxy) is 1. The van der Waals surface area contributed by atoms with Crippen LogP contribution in [0.5, 0.6) is 0 Å². The molecule has 2 aromatic rings. The zero-order valence-corrected chi connectivity index (χ0v) is 14.6. The topological polar surface area (TPSA) is 26.3 Å². The fourth-order valence-corrected chi connectivity index (χ4v) is 3.74. The van der Waals surface area contributed by atoms with E-state index in [0.717, 1.165) is 11.1 Å². The van der Waals surface area contributed by atoms with E-state index in [-0.39, 0.29) is 5.92 Å². The molecule has 26 heavy (non-hydrogen) atoms. The third-order valence-electron chi connectivity index (χ3n) is 4.99. The maximum atomic E-state index is 12.7. The minimum Gasteiger partial charge on any atom is -0.455 e. The first-order valence-electron chi connectivity index (χ1n) is 8.45. The Hall–Kier alpha value is -2.30. The SMILES string of the molecule is C[C](C)C(OC(=O)C(F)(F)F)C1CC1(c1ccccc1)c1ccccc1. The molecule has 0 saturated heterocycles. The van der Waals surface area contributed by atoms with Gasteiger partial charge in [0.25, 0.3) is 0 Å². The van der Waals surface area contributed by atoms with Crippen molar-refractivity contribution < 1.29 is 22.7 Å². The van der Waals surface area contributed by atoms with Crippen molar-refractivity contribution in [2.24, 2.45) is 5.92 Å². The Bertz CT molecular complexity index is 714. The third-order valence-corrected chi connectivity index (χ3v) is 4.99. The van der Waals surface area contributed by atoms with Crippen molar-refractivity contribution >= 4 is 5.97 Å². The minimum absolute atomic E-state index is 0.233. The van der Waals surface area contributed by atoms with E-state index in [1.54, 1.807) is 13.8 Å². The highest BCUT2D eigenvalue weighted by Crippen LogP contribution is 2.62. The summed E-state index contributed by atoms with van der Waals surface area (Å²) in [6.07, 6.45) is -5.25. The summed E-state index contributed by atoms with van der Waals surface area (Å²) in [6, 6.07) is 19.3. The molecule has 0 aromatic heterocycles. The van der Waals surface area contributed by atoms with Gasteiger partial charge < -0.3 is 4.74 Å². The number of benzene rings is 2. The van der Waals surface area contributed by atoms with Gasteiger partial charge in [0.1, 0.15) is 6.10 Å². The van der Waals surface area contributed by atoms with Crippen LogP contribution in [0.25, 0.3) is 0 Å². The van der Waals surface area contributed by atoms with Crippen LogP contribution in [0.1, 0.15) is 31.4 Å². The van der Waals surface area contributed by atoms with Crippen LogP contribution in [0.3, 0.4) is 0 Å². The highest BCUT2D eigenvalue weighted by atomic mass is 19.4. The van der Waals surface area contributed by atoms with Crippen molar-refractivity contribution in [3.8, 4) is 0 Å². The average Bonchev–Trinajstić information content (AvgIpc) is 3.36. The van der Waals surface area contributed by atoms with Crippen molar-refractivity contribution in [3.05, 3.63) is 77.7 Å². The molecule has 5 heteroatoms. The van der Waals surface area contributed by atoms with Gasteiger partial charge in [-0.1, -0.05) is 74.5 Å². The molecule has 0 heterocycles. The van der Waals surface area contributed by atoms with Gasteiger partial charge in [-0.3, -0.25) is 0 Å². The molecule has 1 aliphatic rings. The van der Waals surface area contributed by atoms with Crippen molar-refractivity contribution in [3.63, 3.8) is 0 Å². The molecule has 137 valence electrons.